The Labute approximate surface area is 112 Å². The average molecular weight is 423 g/mol. The maximum absolute atomic E-state index is 5.71. The van der Waals surface area contributed by atoms with Gasteiger partial charge in [-0.1, -0.05) is 6.42 Å². The molecule has 0 aromatic heterocycles. The quantitative estimate of drug-likeness (QED) is 0.401. The molecule has 0 spiro atoms. The summed E-state index contributed by atoms with van der Waals surface area (Å²) in [5, 5.41) is 0. The van der Waals surface area contributed by atoms with E-state index in [1.165, 1.54) is 6.42 Å². The van der Waals surface area contributed by atoms with Crippen molar-refractivity contribution in [2.45, 2.75) is 42.7 Å². The molecule has 1 fully saturated rings. The van der Waals surface area contributed by atoms with Crippen LogP contribution in [0.1, 0.15) is 26.2 Å². The van der Waals surface area contributed by atoms with Crippen molar-refractivity contribution in [1.82, 2.24) is 0 Å². The van der Waals surface area contributed by atoms with Gasteiger partial charge in [0.15, 0.2) is 0 Å². The van der Waals surface area contributed by atoms with E-state index in [1.54, 1.807) is 0 Å². The number of hydrogen-bond donors (Lipinski definition) is 0. The summed E-state index contributed by atoms with van der Waals surface area (Å²) in [6.07, 6.45) is 3.47. The smallest absolute Gasteiger partial charge is 0.146 e. The van der Waals surface area contributed by atoms with Crippen LogP contribution in [0.5, 0.6) is 0 Å². The standard InChI is InChI=1S/C4H9.C3H6Cl2Si.3ClH.Sn/c1-3-4-2;4-6(5)2-1-3-6;;;;/h1,3-4H2,2H3;1-3H2;3*1H;/q;;;;;+3/p-3. The van der Waals surface area contributed by atoms with Gasteiger partial charge in [0.1, 0.15) is 0 Å². The second kappa shape index (κ2) is 7.73. The normalized spacial score (nSPS) is 19.3. The molecule has 0 radical (unpaired) electrons. The zero-order chi connectivity index (χ0) is 11.2. The number of hydrogen-bond acceptors (Lipinski definition) is 0. The topological polar surface area (TPSA) is 0 Å². The molecule has 1 saturated heterocycles. The molecule has 0 nitrogen and oxygen atoms in total. The van der Waals surface area contributed by atoms with Gasteiger partial charge in [-0.2, -0.15) is 0 Å². The van der Waals surface area contributed by atoms with Crippen LogP contribution >= 0.6 is 48.9 Å². The second-order valence-electron chi connectivity index (χ2n) is 3.43. The number of halogens is 5. The zero-order valence-corrected chi connectivity index (χ0v) is 15.8. The predicted octanol–water partition coefficient (Wildman–Crippen LogP) is 5.75. The van der Waals surface area contributed by atoms with Crippen molar-refractivity contribution in [3.63, 3.8) is 0 Å². The second-order valence-corrected chi connectivity index (χ2v) is 32.9. The Hall–Kier alpha value is 2.47. The third-order valence-electron chi connectivity index (χ3n) is 1.90. The van der Waals surface area contributed by atoms with Crippen LogP contribution in [0.3, 0.4) is 0 Å². The Kier molecular flexibility index (Phi) is 9.09. The van der Waals surface area contributed by atoms with Crippen molar-refractivity contribution in [3.05, 3.63) is 0 Å². The van der Waals surface area contributed by atoms with E-state index in [0.29, 0.717) is 0 Å². The third-order valence-corrected chi connectivity index (χ3v) is 12.8. The molecule has 1 heterocycles. The molecule has 1 aliphatic heterocycles. The van der Waals surface area contributed by atoms with Crippen molar-refractivity contribution in [1.29, 1.82) is 0 Å². The van der Waals surface area contributed by atoms with Gasteiger partial charge < -0.3 is 0 Å². The van der Waals surface area contributed by atoms with Crippen LogP contribution in [-0.2, 0) is 0 Å². The van der Waals surface area contributed by atoms with Gasteiger partial charge >= 0.3 is 66.0 Å². The van der Waals surface area contributed by atoms with E-state index in [-0.39, 0.29) is 0 Å². The SMILES string of the molecule is CCC[CH2][Sn]([Cl])([Cl])[Cl].Cl[Si]1(Cl)CCC1. The van der Waals surface area contributed by atoms with E-state index in [1.807, 2.05) is 0 Å². The van der Waals surface area contributed by atoms with Crippen molar-refractivity contribution in [3.8, 4) is 0 Å². The summed E-state index contributed by atoms with van der Waals surface area (Å²) in [7, 11) is 17.0. The zero-order valence-electron chi connectivity index (χ0n) is 8.13. The van der Waals surface area contributed by atoms with E-state index in [2.05, 4.69) is 6.92 Å². The van der Waals surface area contributed by atoms with Crippen molar-refractivity contribution >= 4 is 70.6 Å². The Balaban J connectivity index is 0.000000249. The van der Waals surface area contributed by atoms with Crippen LogP contribution in [0, 0.1) is 0 Å². The molecule has 1 aliphatic rings. The molecule has 0 aromatic rings. The first-order valence-corrected chi connectivity index (χ1v) is 22.0. The average Bonchev–Trinajstić information content (AvgIpc) is 1.98. The molecule has 1 rings (SSSR count). The van der Waals surface area contributed by atoms with Gasteiger partial charge in [-0.05, 0) is 12.1 Å². The van der Waals surface area contributed by atoms with Gasteiger partial charge in [0.2, 0.25) is 0 Å². The Morgan fingerprint density at radius 3 is 1.64 bits per heavy atom. The van der Waals surface area contributed by atoms with Crippen LogP contribution in [0.4, 0.5) is 0 Å². The molecule has 86 valence electrons. The molecule has 7 heteroatoms. The number of rotatable bonds is 3. The van der Waals surface area contributed by atoms with Crippen molar-refractivity contribution in [2.24, 2.45) is 0 Å². The maximum atomic E-state index is 5.71. The first kappa shape index (κ1) is 16.5. The molecule has 0 amide bonds. The molecule has 0 bridgehead atoms. The monoisotopic (exact) mass is 422 g/mol. The van der Waals surface area contributed by atoms with Gasteiger partial charge in [-0.15, -0.1) is 22.2 Å². The summed E-state index contributed by atoms with van der Waals surface area (Å²) in [6.45, 7) is 0.593. The molecular formula is C7H15Cl5SiSn. The fourth-order valence-corrected chi connectivity index (χ4v) is 8.16. The van der Waals surface area contributed by atoms with Gasteiger partial charge in [0.25, 0.3) is 6.69 Å². The van der Waals surface area contributed by atoms with Crippen LogP contribution in [-0.4, -0.2) is 21.7 Å². The Bertz CT molecular complexity index is 153. The summed E-state index contributed by atoms with van der Waals surface area (Å²) in [5.74, 6) is 0. The van der Waals surface area contributed by atoms with E-state index >= 15 is 0 Å². The van der Waals surface area contributed by atoms with E-state index in [0.717, 1.165) is 29.4 Å². The van der Waals surface area contributed by atoms with Crippen LogP contribution in [0.15, 0.2) is 0 Å². The first-order valence-electron chi connectivity index (χ1n) is 4.71. The molecule has 14 heavy (non-hydrogen) atoms. The molecular weight excluding hydrogens is 408 g/mol. The predicted molar refractivity (Wildman–Crippen MR) is 74.7 cm³/mol. The molecule has 0 aliphatic carbocycles. The van der Waals surface area contributed by atoms with Gasteiger partial charge in [-0.25, -0.2) is 0 Å². The summed E-state index contributed by atoms with van der Waals surface area (Å²) in [4.78, 5) is 0. The van der Waals surface area contributed by atoms with Crippen LogP contribution < -0.4 is 0 Å². The Morgan fingerprint density at radius 1 is 1.14 bits per heavy atom. The summed E-state index contributed by atoms with van der Waals surface area (Å²) in [5.41, 5.74) is 0. The van der Waals surface area contributed by atoms with E-state index < -0.39 is 21.7 Å². The van der Waals surface area contributed by atoms with E-state index in [4.69, 9.17) is 48.9 Å². The number of unbranched alkanes of at least 4 members (excludes halogenated alkanes) is 1. The minimum absolute atomic E-state index is 0.871. The van der Waals surface area contributed by atoms with Gasteiger partial charge in [0.05, 0.1) is 0 Å². The molecule has 0 saturated carbocycles. The molecule has 0 N–H and O–H groups in total. The largest absolute Gasteiger partial charge is 0.251 e. The maximum Gasteiger partial charge on any atom is 0.251 e. The minimum atomic E-state index is -2.89. The van der Waals surface area contributed by atoms with Gasteiger partial charge in [0, 0.05) is 0 Å². The summed E-state index contributed by atoms with van der Waals surface area (Å²) >= 11 is 8.53. The molecule has 0 aromatic carbocycles. The van der Waals surface area contributed by atoms with Crippen molar-refractivity contribution < 1.29 is 0 Å². The molecule has 0 unspecified atom stereocenters. The fourth-order valence-electron chi connectivity index (χ4n) is 0.821. The Morgan fingerprint density at radius 2 is 1.57 bits per heavy atom. The minimum Gasteiger partial charge on any atom is -0.146 e. The van der Waals surface area contributed by atoms with Crippen LogP contribution in [0.2, 0.25) is 16.5 Å². The van der Waals surface area contributed by atoms with Crippen molar-refractivity contribution in [2.75, 3.05) is 0 Å². The third kappa shape index (κ3) is 11.0. The van der Waals surface area contributed by atoms with Gasteiger partial charge in [-0.3, -0.25) is 0 Å². The fraction of sp³-hybridized carbons (Fsp3) is 1.00. The summed E-state index contributed by atoms with van der Waals surface area (Å²) < 4.78 is 0.871. The molecule has 0 atom stereocenters. The van der Waals surface area contributed by atoms with E-state index in [9.17, 15) is 0 Å². The first-order chi connectivity index (χ1) is 6.27. The summed E-state index contributed by atoms with van der Waals surface area (Å²) in [6, 6.07) is 2.24. The van der Waals surface area contributed by atoms with Crippen LogP contribution in [0.25, 0.3) is 0 Å².